The molecule has 0 atom stereocenters. The number of benzene rings is 2. The minimum Gasteiger partial charge on any atom is -0.504 e. The predicted molar refractivity (Wildman–Crippen MR) is 93.4 cm³/mol. The third-order valence-corrected chi connectivity index (χ3v) is 4.27. The Morgan fingerprint density at radius 3 is 2.50 bits per heavy atom. The summed E-state index contributed by atoms with van der Waals surface area (Å²) in [6.07, 6.45) is 0.498. The standard InChI is InChI=1S/C18H16Cl2O4/c1-24-18-8-11(3-7-16(18)22)2-5-13(21)10-17(23)12-4-6-14(19)15(20)9-12/h3-4,6-9,22H,2,5,10H2,1H3. The molecule has 2 rings (SSSR count). The topological polar surface area (TPSA) is 63.6 Å². The van der Waals surface area contributed by atoms with Gasteiger partial charge in [0.05, 0.1) is 23.6 Å². The van der Waals surface area contributed by atoms with Crippen LogP contribution in [0.3, 0.4) is 0 Å². The van der Waals surface area contributed by atoms with Gasteiger partial charge in [0.1, 0.15) is 5.78 Å². The van der Waals surface area contributed by atoms with Crippen molar-refractivity contribution in [2.24, 2.45) is 0 Å². The summed E-state index contributed by atoms with van der Waals surface area (Å²) in [6, 6.07) is 9.44. The number of aryl methyl sites for hydroxylation is 1. The van der Waals surface area contributed by atoms with Crippen LogP contribution in [0.2, 0.25) is 10.0 Å². The predicted octanol–water partition coefficient (Wildman–Crippen LogP) is 4.48. The third-order valence-electron chi connectivity index (χ3n) is 3.54. The Hall–Kier alpha value is -2.04. The molecule has 0 aliphatic carbocycles. The van der Waals surface area contributed by atoms with E-state index in [1.165, 1.54) is 25.3 Å². The fourth-order valence-electron chi connectivity index (χ4n) is 2.20. The van der Waals surface area contributed by atoms with Crippen molar-refractivity contribution >= 4 is 34.8 Å². The number of carbonyl (C=O) groups excluding carboxylic acids is 2. The van der Waals surface area contributed by atoms with Gasteiger partial charge in [-0.05, 0) is 42.3 Å². The van der Waals surface area contributed by atoms with E-state index in [0.29, 0.717) is 22.8 Å². The number of hydrogen-bond acceptors (Lipinski definition) is 4. The van der Waals surface area contributed by atoms with Crippen molar-refractivity contribution in [3.63, 3.8) is 0 Å². The Labute approximate surface area is 150 Å². The molecule has 2 aromatic rings. The highest BCUT2D eigenvalue weighted by molar-refractivity contribution is 6.42. The lowest BCUT2D eigenvalue weighted by Crippen LogP contribution is -2.09. The summed E-state index contributed by atoms with van der Waals surface area (Å²) in [5.74, 6) is -0.0610. The van der Waals surface area contributed by atoms with Gasteiger partial charge in [-0.3, -0.25) is 9.59 Å². The molecule has 0 unspecified atom stereocenters. The molecule has 6 heteroatoms. The Morgan fingerprint density at radius 1 is 1.08 bits per heavy atom. The van der Waals surface area contributed by atoms with E-state index in [1.54, 1.807) is 18.2 Å². The number of ketones is 2. The Morgan fingerprint density at radius 2 is 1.83 bits per heavy atom. The first-order valence-corrected chi connectivity index (χ1v) is 8.02. The first-order chi connectivity index (χ1) is 11.4. The lowest BCUT2D eigenvalue weighted by atomic mass is 10.0. The summed E-state index contributed by atoms with van der Waals surface area (Å²) in [6.45, 7) is 0. The van der Waals surface area contributed by atoms with Crippen LogP contribution in [0.15, 0.2) is 36.4 Å². The molecule has 2 aromatic carbocycles. The maximum Gasteiger partial charge on any atom is 0.170 e. The molecule has 24 heavy (non-hydrogen) atoms. The number of rotatable bonds is 7. The van der Waals surface area contributed by atoms with Crippen molar-refractivity contribution in [2.75, 3.05) is 7.11 Å². The van der Waals surface area contributed by atoms with Crippen LogP contribution < -0.4 is 4.74 Å². The second-order valence-electron chi connectivity index (χ2n) is 5.27. The van der Waals surface area contributed by atoms with Gasteiger partial charge in [0.25, 0.3) is 0 Å². The van der Waals surface area contributed by atoms with Crippen LogP contribution >= 0.6 is 23.2 Å². The Bertz CT molecular complexity index is 772. The first kappa shape index (κ1) is 18.3. The van der Waals surface area contributed by atoms with Crippen molar-refractivity contribution in [1.82, 2.24) is 0 Å². The average molecular weight is 367 g/mol. The summed E-state index contributed by atoms with van der Waals surface area (Å²) in [5, 5.41) is 10.2. The summed E-state index contributed by atoms with van der Waals surface area (Å²) in [4.78, 5) is 24.1. The largest absolute Gasteiger partial charge is 0.504 e. The van der Waals surface area contributed by atoms with Gasteiger partial charge in [-0.1, -0.05) is 29.3 Å². The zero-order valence-electron chi connectivity index (χ0n) is 13.0. The van der Waals surface area contributed by atoms with Crippen molar-refractivity contribution in [2.45, 2.75) is 19.3 Å². The number of hydrogen-bond donors (Lipinski definition) is 1. The second-order valence-corrected chi connectivity index (χ2v) is 6.09. The van der Waals surface area contributed by atoms with Crippen molar-refractivity contribution in [1.29, 1.82) is 0 Å². The Kier molecular flexibility index (Phi) is 6.23. The molecule has 0 aromatic heterocycles. The van der Waals surface area contributed by atoms with Crippen LogP contribution in [0.25, 0.3) is 0 Å². The monoisotopic (exact) mass is 366 g/mol. The minimum absolute atomic E-state index is 0.0439. The molecule has 0 heterocycles. The number of aromatic hydroxyl groups is 1. The van der Waals surface area contributed by atoms with Crippen molar-refractivity contribution in [3.8, 4) is 11.5 Å². The van der Waals surface area contributed by atoms with Gasteiger partial charge in [-0.2, -0.15) is 0 Å². The van der Waals surface area contributed by atoms with Crippen LogP contribution in [-0.2, 0) is 11.2 Å². The average Bonchev–Trinajstić information content (AvgIpc) is 2.56. The maximum absolute atomic E-state index is 12.1. The van der Waals surface area contributed by atoms with Gasteiger partial charge in [-0.15, -0.1) is 0 Å². The normalized spacial score (nSPS) is 10.5. The van der Waals surface area contributed by atoms with Crippen LogP contribution in [0.1, 0.15) is 28.8 Å². The lowest BCUT2D eigenvalue weighted by Gasteiger charge is -2.06. The number of Topliss-reactive ketones (excluding diaryl/α,β-unsaturated/α-hetero) is 2. The molecule has 0 aliphatic heterocycles. The molecule has 126 valence electrons. The molecule has 0 spiro atoms. The highest BCUT2D eigenvalue weighted by Crippen LogP contribution is 2.27. The zero-order valence-corrected chi connectivity index (χ0v) is 14.5. The van der Waals surface area contributed by atoms with Crippen molar-refractivity contribution in [3.05, 3.63) is 57.6 Å². The van der Waals surface area contributed by atoms with E-state index in [2.05, 4.69) is 0 Å². The van der Waals surface area contributed by atoms with E-state index in [9.17, 15) is 14.7 Å². The Balaban J connectivity index is 1.93. The summed E-state index contributed by atoms with van der Waals surface area (Å²) in [5.41, 5.74) is 1.21. The molecule has 0 radical (unpaired) electrons. The van der Waals surface area contributed by atoms with Crippen LogP contribution in [0.5, 0.6) is 11.5 Å². The number of carbonyl (C=O) groups is 2. The van der Waals surface area contributed by atoms with E-state index >= 15 is 0 Å². The van der Waals surface area contributed by atoms with E-state index in [4.69, 9.17) is 27.9 Å². The number of methoxy groups -OCH3 is 1. The van der Waals surface area contributed by atoms with Gasteiger partial charge in [0, 0.05) is 12.0 Å². The van der Waals surface area contributed by atoms with Gasteiger partial charge < -0.3 is 9.84 Å². The number of phenols is 1. The first-order valence-electron chi connectivity index (χ1n) is 7.26. The van der Waals surface area contributed by atoms with E-state index in [0.717, 1.165) is 5.56 Å². The molecule has 0 fully saturated rings. The SMILES string of the molecule is COc1cc(CCC(=O)CC(=O)c2ccc(Cl)c(Cl)c2)ccc1O. The smallest absolute Gasteiger partial charge is 0.170 e. The van der Waals surface area contributed by atoms with Crippen LogP contribution in [0, 0.1) is 0 Å². The quantitative estimate of drug-likeness (QED) is 0.579. The molecule has 0 bridgehead atoms. The van der Waals surface area contributed by atoms with Gasteiger partial charge in [0.2, 0.25) is 0 Å². The van der Waals surface area contributed by atoms with Gasteiger partial charge in [0.15, 0.2) is 17.3 Å². The van der Waals surface area contributed by atoms with E-state index < -0.39 is 0 Å². The fourth-order valence-corrected chi connectivity index (χ4v) is 2.50. The second kappa shape index (κ2) is 8.18. The number of phenolic OH excluding ortho intramolecular Hbond substituents is 1. The lowest BCUT2D eigenvalue weighted by molar-refractivity contribution is -0.118. The molecular formula is C18H16Cl2O4. The molecule has 4 nitrogen and oxygen atoms in total. The summed E-state index contributed by atoms with van der Waals surface area (Å²) in [7, 11) is 1.46. The maximum atomic E-state index is 12.1. The third kappa shape index (κ3) is 4.73. The summed E-state index contributed by atoms with van der Waals surface area (Å²) < 4.78 is 5.02. The van der Waals surface area contributed by atoms with Gasteiger partial charge >= 0.3 is 0 Å². The fraction of sp³-hybridized carbons (Fsp3) is 0.222. The molecule has 0 saturated heterocycles. The number of halogens is 2. The summed E-state index contributed by atoms with van der Waals surface area (Å²) >= 11 is 11.7. The van der Waals surface area contributed by atoms with Crippen LogP contribution in [-0.4, -0.2) is 23.8 Å². The number of ether oxygens (including phenoxy) is 1. The van der Waals surface area contributed by atoms with Gasteiger partial charge in [-0.25, -0.2) is 0 Å². The van der Waals surface area contributed by atoms with E-state index in [1.807, 2.05) is 0 Å². The molecule has 0 aliphatic rings. The van der Waals surface area contributed by atoms with Crippen LogP contribution in [0.4, 0.5) is 0 Å². The molecule has 0 amide bonds. The van der Waals surface area contributed by atoms with E-state index in [-0.39, 0.29) is 35.2 Å². The molecule has 1 N–H and O–H groups in total. The highest BCUT2D eigenvalue weighted by atomic mass is 35.5. The highest BCUT2D eigenvalue weighted by Gasteiger charge is 2.14. The molecular weight excluding hydrogens is 351 g/mol. The minimum atomic E-state index is -0.290. The zero-order chi connectivity index (χ0) is 17.7. The molecule has 0 saturated carbocycles. The van der Waals surface area contributed by atoms with Crippen molar-refractivity contribution < 1.29 is 19.4 Å².